The Morgan fingerprint density at radius 1 is 0.818 bits per heavy atom. The summed E-state index contributed by atoms with van der Waals surface area (Å²) in [5.74, 6) is 1.74. The van der Waals surface area contributed by atoms with E-state index >= 15 is 0 Å². The van der Waals surface area contributed by atoms with Gasteiger partial charge in [-0.05, 0) is 31.4 Å². The van der Waals surface area contributed by atoms with Crippen molar-refractivity contribution in [3.8, 4) is 5.75 Å². The Morgan fingerprint density at radius 3 is 1.88 bits per heavy atom. The standard InChI is InChI=1S/C26H44NO4S.Na/c1-2-30-26-21-19-25(20-22-26)27-32(28,29)31-23-15-11-9-7-5-3-4-6-8-10-12-16-24-17-13-14-18-24;/h19-22,24H,2-18,23H2,1H3;/q-1;+1. The van der Waals surface area contributed by atoms with Gasteiger partial charge in [0.1, 0.15) is 5.75 Å². The van der Waals surface area contributed by atoms with Gasteiger partial charge in [0.05, 0.1) is 13.2 Å². The van der Waals surface area contributed by atoms with Crippen molar-refractivity contribution in [3.05, 3.63) is 29.0 Å². The molecule has 1 aromatic rings. The third kappa shape index (κ3) is 15.4. The molecule has 2 rings (SSSR count). The van der Waals surface area contributed by atoms with Crippen molar-refractivity contribution in [2.75, 3.05) is 13.2 Å². The Labute approximate surface area is 225 Å². The molecule has 0 spiro atoms. The first-order chi connectivity index (χ1) is 15.6. The zero-order valence-electron chi connectivity index (χ0n) is 21.1. The quantitative estimate of drug-likeness (QED) is 0.197. The van der Waals surface area contributed by atoms with Crippen LogP contribution in [0.4, 0.5) is 5.69 Å². The van der Waals surface area contributed by atoms with Crippen LogP contribution >= 0.6 is 0 Å². The SMILES string of the molecule is CCOc1ccc([N-]S(=O)(=O)OCCCCCCCCCCCCCC2CCCC2)cc1.[Na+]. The molecule has 7 heteroatoms. The average molecular weight is 490 g/mol. The van der Waals surface area contributed by atoms with Crippen molar-refractivity contribution in [2.24, 2.45) is 5.92 Å². The van der Waals surface area contributed by atoms with Gasteiger partial charge in [-0.15, -0.1) is 5.69 Å². The number of rotatable bonds is 19. The van der Waals surface area contributed by atoms with Gasteiger partial charge in [-0.2, -0.15) is 0 Å². The molecule has 0 radical (unpaired) electrons. The summed E-state index contributed by atoms with van der Waals surface area (Å²) in [6.07, 6.45) is 21.1. The monoisotopic (exact) mass is 489 g/mol. The first-order valence-corrected chi connectivity index (χ1v) is 14.3. The molecule has 1 saturated carbocycles. The molecule has 184 valence electrons. The Bertz CT molecular complexity index is 691. The van der Waals surface area contributed by atoms with Crippen molar-refractivity contribution < 1.29 is 46.9 Å². The van der Waals surface area contributed by atoms with Gasteiger partial charge in [-0.25, -0.2) is 8.42 Å². The largest absolute Gasteiger partial charge is 1.00 e. The van der Waals surface area contributed by atoms with Crippen molar-refractivity contribution >= 4 is 16.0 Å². The summed E-state index contributed by atoms with van der Waals surface area (Å²) in [4.78, 5) is 0. The van der Waals surface area contributed by atoms with Crippen LogP contribution < -0.4 is 34.3 Å². The van der Waals surface area contributed by atoms with Crippen molar-refractivity contribution in [2.45, 2.75) is 110 Å². The van der Waals surface area contributed by atoms with Gasteiger partial charge in [0, 0.05) is 0 Å². The van der Waals surface area contributed by atoms with E-state index in [4.69, 9.17) is 8.92 Å². The average Bonchev–Trinajstić information content (AvgIpc) is 3.29. The molecule has 0 heterocycles. The smallest absolute Gasteiger partial charge is 0.553 e. The van der Waals surface area contributed by atoms with Crippen molar-refractivity contribution in [3.63, 3.8) is 0 Å². The van der Waals surface area contributed by atoms with E-state index in [1.807, 2.05) is 6.92 Å². The Kier molecular flexibility index (Phi) is 17.7. The minimum atomic E-state index is -3.90. The number of hydrogen-bond acceptors (Lipinski definition) is 4. The van der Waals surface area contributed by atoms with Crippen LogP contribution in [-0.4, -0.2) is 21.6 Å². The second-order valence-corrected chi connectivity index (χ2v) is 10.4. The molecule has 1 fully saturated rings. The Hall–Kier alpha value is -0.270. The van der Waals surface area contributed by atoms with Crippen molar-refractivity contribution in [1.29, 1.82) is 0 Å². The van der Waals surface area contributed by atoms with E-state index in [1.54, 1.807) is 24.3 Å². The molecule has 0 N–H and O–H groups in total. The molecule has 5 nitrogen and oxygen atoms in total. The third-order valence-electron chi connectivity index (χ3n) is 6.33. The fourth-order valence-corrected chi connectivity index (χ4v) is 5.28. The normalized spacial score (nSPS) is 14.2. The minimum absolute atomic E-state index is 0. The summed E-state index contributed by atoms with van der Waals surface area (Å²) in [5, 5.41) is 0. The number of nitrogens with zero attached hydrogens (tertiary/aromatic N) is 1. The Balaban J connectivity index is 0.00000544. The molecule has 0 saturated heterocycles. The minimum Gasteiger partial charge on any atom is -0.553 e. The summed E-state index contributed by atoms with van der Waals surface area (Å²) in [6, 6.07) is 6.63. The van der Waals surface area contributed by atoms with E-state index in [1.165, 1.54) is 83.5 Å². The van der Waals surface area contributed by atoms with Crippen molar-refractivity contribution in [1.82, 2.24) is 0 Å². The molecule has 0 aliphatic heterocycles. The van der Waals surface area contributed by atoms with Crippen LogP contribution in [0.1, 0.15) is 110 Å². The van der Waals surface area contributed by atoms with Gasteiger partial charge in [-0.1, -0.05) is 108 Å². The topological polar surface area (TPSA) is 66.7 Å². The maximum Gasteiger partial charge on any atom is 1.00 e. The summed E-state index contributed by atoms with van der Waals surface area (Å²) in [5.41, 5.74) is 0.349. The first kappa shape index (κ1) is 30.8. The zero-order chi connectivity index (χ0) is 22.9. The number of unbranched alkanes of at least 4 members (excludes halogenated alkanes) is 10. The summed E-state index contributed by atoms with van der Waals surface area (Å²) in [7, 11) is -3.90. The van der Waals surface area contributed by atoms with Crippen LogP contribution in [0, 0.1) is 5.92 Å². The fourth-order valence-electron chi connectivity index (χ4n) is 4.51. The molecule has 0 unspecified atom stereocenters. The summed E-state index contributed by atoms with van der Waals surface area (Å²) < 4.78 is 38.0. The van der Waals surface area contributed by atoms with Gasteiger partial charge in [0.15, 0.2) is 0 Å². The maximum atomic E-state index is 12.0. The molecular weight excluding hydrogens is 445 g/mol. The second kappa shape index (κ2) is 19.0. The first-order valence-electron chi connectivity index (χ1n) is 12.9. The number of benzene rings is 1. The number of ether oxygens (including phenoxy) is 1. The second-order valence-electron chi connectivity index (χ2n) is 9.10. The molecule has 1 aliphatic rings. The van der Waals surface area contributed by atoms with Crippen LogP contribution in [0.3, 0.4) is 0 Å². The summed E-state index contributed by atoms with van der Waals surface area (Å²) >= 11 is 0. The van der Waals surface area contributed by atoms with E-state index < -0.39 is 10.3 Å². The van der Waals surface area contributed by atoms with E-state index in [0.29, 0.717) is 18.0 Å². The summed E-state index contributed by atoms with van der Waals surface area (Å²) in [6.45, 7) is 2.67. The van der Waals surface area contributed by atoms with Gasteiger partial charge >= 0.3 is 29.6 Å². The molecule has 33 heavy (non-hydrogen) atoms. The molecule has 1 aliphatic carbocycles. The molecule has 1 aromatic carbocycles. The van der Waals surface area contributed by atoms with Crippen LogP contribution in [0.2, 0.25) is 0 Å². The van der Waals surface area contributed by atoms with Crippen LogP contribution in [0.5, 0.6) is 5.75 Å². The fraction of sp³-hybridized carbons (Fsp3) is 0.769. The van der Waals surface area contributed by atoms with Crippen LogP contribution in [0.15, 0.2) is 24.3 Å². The Morgan fingerprint density at radius 2 is 1.33 bits per heavy atom. The molecule has 0 bridgehead atoms. The maximum absolute atomic E-state index is 12.0. The molecule has 0 amide bonds. The third-order valence-corrected chi connectivity index (χ3v) is 7.23. The number of hydrogen-bond donors (Lipinski definition) is 0. The van der Waals surface area contributed by atoms with Gasteiger partial charge in [0.25, 0.3) is 0 Å². The van der Waals surface area contributed by atoms with E-state index in [-0.39, 0.29) is 36.2 Å². The molecule has 0 atom stereocenters. The zero-order valence-corrected chi connectivity index (χ0v) is 23.9. The van der Waals surface area contributed by atoms with Gasteiger partial charge in [0.2, 0.25) is 10.3 Å². The van der Waals surface area contributed by atoms with Gasteiger partial charge in [-0.3, -0.25) is 4.18 Å². The molecule has 0 aromatic heterocycles. The van der Waals surface area contributed by atoms with Crippen LogP contribution in [-0.2, 0) is 14.5 Å². The van der Waals surface area contributed by atoms with Gasteiger partial charge < -0.3 is 9.46 Å². The predicted molar refractivity (Wildman–Crippen MR) is 133 cm³/mol. The van der Waals surface area contributed by atoms with E-state index in [9.17, 15) is 8.42 Å². The molecular formula is C26H44NNaO4S. The predicted octanol–water partition coefficient (Wildman–Crippen LogP) is 5.23. The van der Waals surface area contributed by atoms with Crippen LogP contribution in [0.25, 0.3) is 4.72 Å². The van der Waals surface area contributed by atoms with E-state index in [2.05, 4.69) is 4.72 Å². The van der Waals surface area contributed by atoms with E-state index in [0.717, 1.165) is 25.2 Å².